The number of carbonyl (C=O) groups is 2. The van der Waals surface area contributed by atoms with Crippen molar-refractivity contribution in [2.75, 3.05) is 26.2 Å². The zero-order valence-corrected chi connectivity index (χ0v) is 12.9. The minimum atomic E-state index is -0.957. The van der Waals surface area contributed by atoms with E-state index in [1.54, 1.807) is 4.90 Å². The lowest BCUT2D eigenvalue weighted by Gasteiger charge is -2.37. The van der Waals surface area contributed by atoms with E-state index < -0.39 is 5.97 Å². The van der Waals surface area contributed by atoms with Crippen molar-refractivity contribution in [2.24, 2.45) is 5.92 Å². The van der Waals surface area contributed by atoms with Crippen molar-refractivity contribution in [3.05, 3.63) is 0 Å². The standard InChI is InChI=1S/C13H24N2O3S/c1-9(2)5-14(8-12(16)17)13(18)15-6-10(3)19-11(4)7-15/h9-11H,5-8H2,1-4H3,(H,16,17). The Morgan fingerprint density at radius 2 is 1.84 bits per heavy atom. The molecule has 0 bridgehead atoms. The van der Waals surface area contributed by atoms with Crippen molar-refractivity contribution in [3.63, 3.8) is 0 Å². The average molecular weight is 288 g/mol. The van der Waals surface area contributed by atoms with Gasteiger partial charge in [0.2, 0.25) is 0 Å². The SMILES string of the molecule is CC(C)CN(CC(=O)O)C(=O)N1CC(C)SC(C)C1. The van der Waals surface area contributed by atoms with Crippen LogP contribution in [0.5, 0.6) is 0 Å². The number of aliphatic carboxylic acids is 1. The minimum Gasteiger partial charge on any atom is -0.480 e. The first kappa shape index (κ1) is 16.1. The summed E-state index contributed by atoms with van der Waals surface area (Å²) >= 11 is 1.87. The molecule has 1 heterocycles. The molecule has 0 aromatic heterocycles. The van der Waals surface area contributed by atoms with Crippen molar-refractivity contribution >= 4 is 23.8 Å². The van der Waals surface area contributed by atoms with Gasteiger partial charge in [-0.25, -0.2) is 4.79 Å². The predicted octanol–water partition coefficient (Wildman–Crippen LogP) is 1.97. The van der Waals surface area contributed by atoms with Gasteiger partial charge in [0.05, 0.1) is 0 Å². The lowest BCUT2D eigenvalue weighted by Crippen LogP contribution is -2.52. The van der Waals surface area contributed by atoms with E-state index in [0.717, 1.165) is 0 Å². The number of carbonyl (C=O) groups excluding carboxylic acids is 1. The van der Waals surface area contributed by atoms with Gasteiger partial charge in [-0.15, -0.1) is 0 Å². The molecule has 0 aromatic carbocycles. The van der Waals surface area contributed by atoms with Crippen LogP contribution in [-0.2, 0) is 4.79 Å². The number of thioether (sulfide) groups is 1. The molecule has 1 aliphatic heterocycles. The molecule has 1 saturated heterocycles. The summed E-state index contributed by atoms with van der Waals surface area (Å²) < 4.78 is 0. The summed E-state index contributed by atoms with van der Waals surface area (Å²) in [6, 6.07) is -0.143. The summed E-state index contributed by atoms with van der Waals surface area (Å²) in [5.74, 6) is -0.696. The van der Waals surface area contributed by atoms with Gasteiger partial charge in [0.1, 0.15) is 6.54 Å². The molecule has 110 valence electrons. The summed E-state index contributed by atoms with van der Waals surface area (Å²) in [4.78, 5) is 26.6. The molecule has 5 nitrogen and oxygen atoms in total. The number of hydrogen-bond donors (Lipinski definition) is 1. The fourth-order valence-electron chi connectivity index (χ4n) is 2.35. The molecule has 6 heteroatoms. The van der Waals surface area contributed by atoms with Gasteiger partial charge in [0.25, 0.3) is 0 Å². The first-order chi connectivity index (χ1) is 8.79. The number of carboxylic acid groups (broad SMARTS) is 1. The Kier molecular flexibility index (Phi) is 5.97. The zero-order valence-electron chi connectivity index (χ0n) is 12.1. The topological polar surface area (TPSA) is 60.9 Å². The summed E-state index contributed by atoms with van der Waals surface area (Å²) in [7, 11) is 0. The van der Waals surface area contributed by atoms with Gasteiger partial charge in [0.15, 0.2) is 0 Å². The molecule has 2 atom stereocenters. The fraction of sp³-hybridized carbons (Fsp3) is 0.846. The summed E-state index contributed by atoms with van der Waals surface area (Å²) in [6.45, 7) is 9.83. The van der Waals surface area contributed by atoms with Crippen LogP contribution in [0.1, 0.15) is 27.7 Å². The zero-order chi connectivity index (χ0) is 14.6. The van der Waals surface area contributed by atoms with E-state index in [4.69, 9.17) is 5.11 Å². The van der Waals surface area contributed by atoms with Crippen LogP contribution in [0, 0.1) is 5.92 Å². The number of carboxylic acids is 1. The van der Waals surface area contributed by atoms with Crippen LogP contribution in [0.2, 0.25) is 0 Å². The van der Waals surface area contributed by atoms with Crippen molar-refractivity contribution in [3.8, 4) is 0 Å². The van der Waals surface area contributed by atoms with E-state index in [1.807, 2.05) is 25.6 Å². The van der Waals surface area contributed by atoms with Gasteiger partial charge in [-0.2, -0.15) is 11.8 Å². The molecule has 0 saturated carbocycles. The highest BCUT2D eigenvalue weighted by atomic mass is 32.2. The molecule has 2 unspecified atom stereocenters. The lowest BCUT2D eigenvalue weighted by molar-refractivity contribution is -0.137. The number of nitrogens with zero attached hydrogens (tertiary/aromatic N) is 2. The van der Waals surface area contributed by atoms with E-state index >= 15 is 0 Å². The molecular weight excluding hydrogens is 264 g/mol. The Bertz CT molecular complexity index is 326. The van der Waals surface area contributed by atoms with Crippen LogP contribution >= 0.6 is 11.8 Å². The van der Waals surface area contributed by atoms with Crippen molar-refractivity contribution < 1.29 is 14.7 Å². The molecular formula is C13H24N2O3S. The maximum Gasteiger partial charge on any atom is 0.323 e. The van der Waals surface area contributed by atoms with Crippen LogP contribution in [-0.4, -0.2) is 63.6 Å². The lowest BCUT2D eigenvalue weighted by atomic mass is 10.2. The molecule has 0 radical (unpaired) electrons. The molecule has 2 amide bonds. The van der Waals surface area contributed by atoms with Gasteiger partial charge < -0.3 is 14.9 Å². The summed E-state index contributed by atoms with van der Waals surface area (Å²) in [6.07, 6.45) is 0. The second-order valence-corrected chi connectivity index (χ2v) is 7.49. The molecule has 1 aliphatic rings. The normalized spacial score (nSPS) is 23.5. The van der Waals surface area contributed by atoms with Crippen LogP contribution < -0.4 is 0 Å². The average Bonchev–Trinajstić information content (AvgIpc) is 2.24. The monoisotopic (exact) mass is 288 g/mol. The van der Waals surface area contributed by atoms with Gasteiger partial charge in [-0.3, -0.25) is 4.79 Å². The number of hydrogen-bond acceptors (Lipinski definition) is 3. The Hall–Kier alpha value is -0.910. The quantitative estimate of drug-likeness (QED) is 0.859. The first-order valence-electron chi connectivity index (χ1n) is 6.70. The largest absolute Gasteiger partial charge is 0.480 e. The van der Waals surface area contributed by atoms with Crippen molar-refractivity contribution in [1.82, 2.24) is 9.80 Å². The molecule has 0 spiro atoms. The third-order valence-electron chi connectivity index (χ3n) is 2.87. The molecule has 19 heavy (non-hydrogen) atoms. The van der Waals surface area contributed by atoms with Gasteiger partial charge >= 0.3 is 12.0 Å². The minimum absolute atomic E-state index is 0.143. The second kappa shape index (κ2) is 7.03. The Labute approximate surface area is 119 Å². The van der Waals surface area contributed by atoms with E-state index in [-0.39, 0.29) is 18.5 Å². The van der Waals surface area contributed by atoms with E-state index in [1.165, 1.54) is 4.90 Å². The number of amides is 2. The third kappa shape index (κ3) is 5.30. The summed E-state index contributed by atoms with van der Waals surface area (Å²) in [5.41, 5.74) is 0. The Morgan fingerprint density at radius 3 is 2.26 bits per heavy atom. The van der Waals surface area contributed by atoms with E-state index in [0.29, 0.717) is 30.1 Å². The maximum atomic E-state index is 12.4. The number of urea groups is 1. The van der Waals surface area contributed by atoms with Gasteiger partial charge in [-0.1, -0.05) is 27.7 Å². The van der Waals surface area contributed by atoms with Crippen LogP contribution in [0.15, 0.2) is 0 Å². The van der Waals surface area contributed by atoms with Crippen molar-refractivity contribution in [1.29, 1.82) is 0 Å². The van der Waals surface area contributed by atoms with Crippen molar-refractivity contribution in [2.45, 2.75) is 38.2 Å². The summed E-state index contributed by atoms with van der Waals surface area (Å²) in [5, 5.41) is 9.73. The van der Waals surface area contributed by atoms with Gasteiger partial charge in [0, 0.05) is 30.1 Å². The Morgan fingerprint density at radius 1 is 1.32 bits per heavy atom. The third-order valence-corrected chi connectivity index (χ3v) is 4.10. The van der Waals surface area contributed by atoms with Crippen LogP contribution in [0.25, 0.3) is 0 Å². The fourth-order valence-corrected chi connectivity index (χ4v) is 3.67. The predicted molar refractivity (Wildman–Crippen MR) is 77.5 cm³/mol. The molecule has 1 N–H and O–H groups in total. The first-order valence-corrected chi connectivity index (χ1v) is 7.65. The highest BCUT2D eigenvalue weighted by molar-refractivity contribution is 8.00. The highest BCUT2D eigenvalue weighted by Crippen LogP contribution is 2.25. The van der Waals surface area contributed by atoms with E-state index in [9.17, 15) is 9.59 Å². The molecule has 1 rings (SSSR count). The van der Waals surface area contributed by atoms with E-state index in [2.05, 4.69) is 13.8 Å². The molecule has 0 aromatic rings. The second-order valence-electron chi connectivity index (χ2n) is 5.61. The smallest absolute Gasteiger partial charge is 0.323 e. The molecule has 1 fully saturated rings. The number of rotatable bonds is 4. The maximum absolute atomic E-state index is 12.4. The van der Waals surface area contributed by atoms with Gasteiger partial charge in [-0.05, 0) is 5.92 Å². The van der Waals surface area contributed by atoms with Crippen LogP contribution in [0.3, 0.4) is 0 Å². The Balaban J connectivity index is 2.71. The molecule has 0 aliphatic carbocycles. The highest BCUT2D eigenvalue weighted by Gasteiger charge is 2.29. The van der Waals surface area contributed by atoms with Crippen LogP contribution in [0.4, 0.5) is 4.79 Å².